The molecule has 0 saturated carbocycles. The molecular formula is C16H17F4IN2O. The predicted octanol–water partition coefficient (Wildman–Crippen LogP) is 5.20. The summed E-state index contributed by atoms with van der Waals surface area (Å²) in [6.45, 7) is 6.07. The Kier molecular flexibility index (Phi) is 3.99. The standard InChI is InChI=1S/C16H17F4IN2O/c1-10-9-11(2)23(22-10)16(19,20)15(17,18)21-13-8-6-5-7-12(13)14(3,4)24-21/h5-9H,1-4H3. The fourth-order valence-corrected chi connectivity index (χ4v) is 7.98. The van der Waals surface area contributed by atoms with Crippen molar-refractivity contribution in [3.63, 3.8) is 0 Å². The Morgan fingerprint density at radius 3 is 2.33 bits per heavy atom. The summed E-state index contributed by atoms with van der Waals surface area (Å²) in [5.41, 5.74) is -0.200. The van der Waals surface area contributed by atoms with Gasteiger partial charge in [-0.15, -0.1) is 0 Å². The first-order chi connectivity index (χ1) is 11.0. The molecule has 2 heterocycles. The van der Waals surface area contributed by atoms with Crippen molar-refractivity contribution in [1.29, 1.82) is 0 Å². The van der Waals surface area contributed by atoms with Gasteiger partial charge in [-0.1, -0.05) is 0 Å². The second-order valence-electron chi connectivity index (χ2n) is 6.19. The fourth-order valence-electron chi connectivity index (χ4n) is 2.69. The zero-order valence-electron chi connectivity index (χ0n) is 13.6. The van der Waals surface area contributed by atoms with E-state index in [1.165, 1.54) is 26.0 Å². The van der Waals surface area contributed by atoms with Crippen molar-refractivity contribution in [3.05, 3.63) is 50.9 Å². The number of hydrogen-bond donors (Lipinski definition) is 0. The van der Waals surface area contributed by atoms with Crippen LogP contribution in [0.25, 0.3) is 0 Å². The topological polar surface area (TPSA) is 27.1 Å². The Hall–Kier alpha value is -1.16. The van der Waals surface area contributed by atoms with Gasteiger partial charge >= 0.3 is 145 Å². The van der Waals surface area contributed by atoms with Gasteiger partial charge in [-0.25, -0.2) is 0 Å². The summed E-state index contributed by atoms with van der Waals surface area (Å²) >= 11 is -3.98. The number of aromatic nitrogens is 2. The summed E-state index contributed by atoms with van der Waals surface area (Å²) < 4.78 is 60.9. The van der Waals surface area contributed by atoms with Crippen LogP contribution in [-0.4, -0.2) is 13.7 Å². The van der Waals surface area contributed by atoms with E-state index in [1.807, 2.05) is 0 Å². The minimum atomic E-state index is -4.45. The molecule has 0 saturated heterocycles. The molecule has 0 fully saturated rings. The van der Waals surface area contributed by atoms with Crippen LogP contribution in [0, 0.1) is 17.4 Å². The van der Waals surface area contributed by atoms with Crippen LogP contribution < -0.4 is 0 Å². The number of hydrogen-bond acceptors (Lipinski definition) is 2. The van der Waals surface area contributed by atoms with Gasteiger partial charge in [0.05, 0.1) is 0 Å². The molecule has 0 atom stereocenters. The molecule has 1 aromatic carbocycles. The molecule has 3 rings (SSSR count). The molecule has 132 valence electrons. The van der Waals surface area contributed by atoms with E-state index >= 15 is 0 Å². The molecular weight excluding hydrogens is 439 g/mol. The second-order valence-corrected chi connectivity index (χ2v) is 10.6. The third kappa shape index (κ3) is 2.45. The second kappa shape index (κ2) is 5.42. The van der Waals surface area contributed by atoms with Gasteiger partial charge in [0.25, 0.3) is 0 Å². The summed E-state index contributed by atoms with van der Waals surface area (Å²) in [7, 11) is 0. The van der Waals surface area contributed by atoms with E-state index in [-0.39, 0.29) is 19.6 Å². The van der Waals surface area contributed by atoms with Gasteiger partial charge in [0.2, 0.25) is 0 Å². The molecule has 1 aromatic heterocycles. The van der Waals surface area contributed by atoms with Crippen LogP contribution in [0.2, 0.25) is 0 Å². The van der Waals surface area contributed by atoms with Crippen molar-refractivity contribution in [2.45, 2.75) is 43.3 Å². The minimum absolute atomic E-state index is 0.0141. The van der Waals surface area contributed by atoms with E-state index in [9.17, 15) is 17.6 Å². The van der Waals surface area contributed by atoms with Crippen LogP contribution in [0.1, 0.15) is 30.8 Å². The summed E-state index contributed by atoms with van der Waals surface area (Å²) in [5.74, 6) is 0. The zero-order valence-corrected chi connectivity index (χ0v) is 15.7. The van der Waals surface area contributed by atoms with E-state index in [0.29, 0.717) is 5.56 Å². The number of fused-ring (bicyclic) bond motifs is 1. The number of benzene rings is 1. The molecule has 0 unspecified atom stereocenters. The molecule has 0 aliphatic carbocycles. The van der Waals surface area contributed by atoms with E-state index in [4.69, 9.17) is 3.07 Å². The Balaban J connectivity index is 2.10. The maximum atomic E-state index is 14.9. The first-order valence-corrected chi connectivity index (χ1v) is 10.3. The van der Waals surface area contributed by atoms with Crippen molar-refractivity contribution >= 4 is 20.2 Å². The Bertz CT molecular complexity index is 788. The summed E-state index contributed by atoms with van der Waals surface area (Å²) in [6, 6.07) is 3.29. The number of halogens is 5. The number of aryl methyl sites for hydroxylation is 2. The average Bonchev–Trinajstić information content (AvgIpc) is 2.97. The van der Waals surface area contributed by atoms with Crippen LogP contribution >= 0.6 is 20.2 Å². The number of rotatable bonds is 3. The van der Waals surface area contributed by atoms with Crippen molar-refractivity contribution in [1.82, 2.24) is 9.78 Å². The van der Waals surface area contributed by atoms with Crippen LogP contribution in [0.5, 0.6) is 0 Å². The van der Waals surface area contributed by atoms with Crippen LogP contribution in [-0.2, 0) is 14.7 Å². The van der Waals surface area contributed by atoms with Gasteiger partial charge in [-0.3, -0.25) is 0 Å². The third-order valence-corrected chi connectivity index (χ3v) is 9.23. The van der Waals surface area contributed by atoms with E-state index in [0.717, 1.165) is 0 Å². The van der Waals surface area contributed by atoms with Crippen molar-refractivity contribution < 1.29 is 20.6 Å². The molecule has 1 aliphatic rings. The third-order valence-electron chi connectivity index (χ3n) is 3.81. The molecule has 0 N–H and O–H groups in total. The van der Waals surface area contributed by atoms with Crippen LogP contribution in [0.15, 0.2) is 30.3 Å². The molecule has 0 spiro atoms. The SMILES string of the molecule is Cc1cc(C)n(C(F)(F)C(F)(F)I2OC(C)(C)c3ccccc32)n1. The normalized spacial score (nSPS) is 18.8. The molecule has 0 radical (unpaired) electrons. The fraction of sp³-hybridized carbons (Fsp3) is 0.438. The van der Waals surface area contributed by atoms with Crippen molar-refractivity contribution in [3.8, 4) is 0 Å². The Morgan fingerprint density at radius 2 is 1.75 bits per heavy atom. The van der Waals surface area contributed by atoms with Gasteiger partial charge in [-0.2, -0.15) is 0 Å². The summed E-state index contributed by atoms with van der Waals surface area (Å²) in [4.78, 5) is 0. The molecule has 24 heavy (non-hydrogen) atoms. The Labute approximate surface area is 144 Å². The Morgan fingerprint density at radius 1 is 1.12 bits per heavy atom. The molecule has 0 amide bonds. The van der Waals surface area contributed by atoms with Gasteiger partial charge in [0.15, 0.2) is 0 Å². The van der Waals surface area contributed by atoms with Gasteiger partial charge in [0, 0.05) is 0 Å². The van der Waals surface area contributed by atoms with Gasteiger partial charge < -0.3 is 0 Å². The van der Waals surface area contributed by atoms with Gasteiger partial charge in [0.1, 0.15) is 0 Å². The molecule has 8 heteroatoms. The molecule has 2 aromatic rings. The maximum absolute atomic E-state index is 14.9. The summed E-state index contributed by atoms with van der Waals surface area (Å²) in [6.07, 6.45) is 0. The van der Waals surface area contributed by atoms with E-state index in [2.05, 4.69) is 5.10 Å². The first-order valence-electron chi connectivity index (χ1n) is 7.27. The monoisotopic (exact) mass is 456 g/mol. The number of alkyl halides is 5. The summed E-state index contributed by atoms with van der Waals surface area (Å²) in [5, 5.41) is 3.57. The van der Waals surface area contributed by atoms with Crippen LogP contribution in [0.3, 0.4) is 0 Å². The van der Waals surface area contributed by atoms with Crippen LogP contribution in [0.4, 0.5) is 17.6 Å². The van der Waals surface area contributed by atoms with E-state index in [1.54, 1.807) is 32.0 Å². The van der Waals surface area contributed by atoms with Crippen molar-refractivity contribution in [2.75, 3.05) is 0 Å². The van der Waals surface area contributed by atoms with E-state index < -0.39 is 35.8 Å². The van der Waals surface area contributed by atoms with Crippen molar-refractivity contribution in [2.24, 2.45) is 0 Å². The molecule has 1 aliphatic heterocycles. The predicted molar refractivity (Wildman–Crippen MR) is 90.1 cm³/mol. The van der Waals surface area contributed by atoms with Gasteiger partial charge in [-0.05, 0) is 0 Å². The molecule has 3 nitrogen and oxygen atoms in total. The first kappa shape index (κ1) is 17.7. The average molecular weight is 456 g/mol. The molecule has 0 bridgehead atoms. The number of nitrogens with zero attached hydrogens (tertiary/aromatic N) is 2. The quantitative estimate of drug-likeness (QED) is 0.361. The zero-order chi connectivity index (χ0) is 17.9.